The van der Waals surface area contributed by atoms with E-state index in [1.807, 2.05) is 68.4 Å². The van der Waals surface area contributed by atoms with Gasteiger partial charge in [0.2, 0.25) is 17.7 Å². The Hall–Kier alpha value is -3.99. The number of pyridine rings is 1. The molecule has 47 heavy (non-hydrogen) atoms. The number of hydrogen-bond donors (Lipinski definition) is 4. The predicted octanol–water partition coefficient (Wildman–Crippen LogP) is 3.01. The number of hydrogen-bond acceptors (Lipinski definition) is 6. The van der Waals surface area contributed by atoms with Crippen molar-refractivity contribution < 1.29 is 19.2 Å². The molecule has 0 radical (unpaired) electrons. The van der Waals surface area contributed by atoms with Crippen molar-refractivity contribution in [3.8, 4) is 0 Å². The zero-order valence-corrected chi connectivity index (χ0v) is 28.4. The van der Waals surface area contributed by atoms with Crippen LogP contribution in [0.15, 0.2) is 73.1 Å². The van der Waals surface area contributed by atoms with Gasteiger partial charge in [0.25, 0.3) is 5.91 Å². The van der Waals surface area contributed by atoms with Crippen molar-refractivity contribution in [1.82, 2.24) is 31.2 Å². The Morgan fingerprint density at radius 2 is 1.68 bits per heavy atom. The Balaban J connectivity index is 0.00000300. The number of nitrogens with one attached hydrogen (secondary N) is 4. The largest absolute Gasteiger partial charge is 0.355 e. The van der Waals surface area contributed by atoms with E-state index in [1.54, 1.807) is 17.2 Å². The SMILES string of the molecule is CC(C)[C@H]1NC(=O)c2cncc(c2)CCCNC(=O)CN(C(=O)[C@H]2Cc3ccccc3CN2)C[C@@H](Cc2ccccc2)NC1=O.Cl.Cl. The Bertz CT molecular complexity index is 1520. The van der Waals surface area contributed by atoms with Gasteiger partial charge in [-0.2, -0.15) is 0 Å². The van der Waals surface area contributed by atoms with Gasteiger partial charge in [-0.1, -0.05) is 68.4 Å². The van der Waals surface area contributed by atoms with Crippen LogP contribution in [0.2, 0.25) is 0 Å². The van der Waals surface area contributed by atoms with Gasteiger partial charge in [-0.25, -0.2) is 0 Å². The highest BCUT2D eigenvalue weighted by molar-refractivity contribution is 5.97. The van der Waals surface area contributed by atoms with Crippen LogP contribution in [0.3, 0.4) is 0 Å². The molecule has 0 fully saturated rings. The normalized spacial score (nSPS) is 20.7. The second kappa shape index (κ2) is 17.8. The summed E-state index contributed by atoms with van der Waals surface area (Å²) in [7, 11) is 0. The van der Waals surface area contributed by atoms with Crippen molar-refractivity contribution in [3.63, 3.8) is 0 Å². The van der Waals surface area contributed by atoms with E-state index in [4.69, 9.17) is 0 Å². The lowest BCUT2D eigenvalue weighted by Crippen LogP contribution is -2.58. The topological polar surface area (TPSA) is 133 Å². The number of aryl methyl sites for hydroxylation is 1. The van der Waals surface area contributed by atoms with Crippen LogP contribution in [0.4, 0.5) is 0 Å². The highest BCUT2D eigenvalue weighted by Crippen LogP contribution is 2.18. The summed E-state index contributed by atoms with van der Waals surface area (Å²) in [6.07, 6.45) is 5.38. The summed E-state index contributed by atoms with van der Waals surface area (Å²) in [5, 5.41) is 12.3. The second-order valence-electron chi connectivity index (χ2n) is 12.3. The van der Waals surface area contributed by atoms with Gasteiger partial charge >= 0.3 is 0 Å². The molecule has 5 rings (SSSR count). The smallest absolute Gasteiger partial charge is 0.253 e. The van der Waals surface area contributed by atoms with Crippen LogP contribution in [0.25, 0.3) is 0 Å². The second-order valence-corrected chi connectivity index (χ2v) is 12.3. The summed E-state index contributed by atoms with van der Waals surface area (Å²) in [5.41, 5.74) is 4.46. The van der Waals surface area contributed by atoms with E-state index in [0.717, 1.165) is 22.3 Å². The van der Waals surface area contributed by atoms with E-state index < -0.39 is 18.1 Å². The van der Waals surface area contributed by atoms with Gasteiger partial charge in [0.15, 0.2) is 0 Å². The van der Waals surface area contributed by atoms with Crippen molar-refractivity contribution in [3.05, 3.63) is 101 Å². The van der Waals surface area contributed by atoms with Crippen LogP contribution < -0.4 is 21.3 Å². The number of benzene rings is 2. The molecule has 0 saturated carbocycles. The van der Waals surface area contributed by atoms with Crippen LogP contribution in [0.1, 0.15) is 52.9 Å². The quantitative estimate of drug-likeness (QED) is 0.335. The van der Waals surface area contributed by atoms with Crippen LogP contribution in [0.5, 0.6) is 0 Å². The molecule has 3 aromatic rings. The molecular formula is C35H44Cl2N6O4. The summed E-state index contributed by atoms with van der Waals surface area (Å²) < 4.78 is 0. The predicted molar refractivity (Wildman–Crippen MR) is 186 cm³/mol. The fourth-order valence-corrected chi connectivity index (χ4v) is 5.96. The summed E-state index contributed by atoms with van der Waals surface area (Å²) in [5.74, 6) is -1.40. The Morgan fingerprint density at radius 1 is 0.957 bits per heavy atom. The molecule has 0 unspecified atom stereocenters. The van der Waals surface area contributed by atoms with Gasteiger partial charge in [0.1, 0.15) is 6.04 Å². The molecule has 252 valence electrons. The molecule has 2 aliphatic heterocycles. The molecule has 12 heteroatoms. The first-order chi connectivity index (χ1) is 21.8. The molecule has 3 atom stereocenters. The lowest BCUT2D eigenvalue weighted by Gasteiger charge is -2.34. The highest BCUT2D eigenvalue weighted by Gasteiger charge is 2.33. The van der Waals surface area contributed by atoms with Gasteiger partial charge in [-0.05, 0) is 59.9 Å². The van der Waals surface area contributed by atoms with Crippen molar-refractivity contribution in [1.29, 1.82) is 0 Å². The van der Waals surface area contributed by atoms with Crippen LogP contribution >= 0.6 is 24.8 Å². The first-order valence-corrected chi connectivity index (χ1v) is 15.7. The molecular weight excluding hydrogens is 639 g/mol. The van der Waals surface area contributed by atoms with E-state index >= 15 is 0 Å². The van der Waals surface area contributed by atoms with Gasteiger partial charge in [-0.3, -0.25) is 24.2 Å². The fourth-order valence-electron chi connectivity index (χ4n) is 5.96. The molecule has 3 heterocycles. The van der Waals surface area contributed by atoms with Crippen molar-refractivity contribution in [2.24, 2.45) is 5.92 Å². The Morgan fingerprint density at radius 3 is 2.43 bits per heavy atom. The van der Waals surface area contributed by atoms with E-state index in [9.17, 15) is 19.2 Å². The number of rotatable bonds is 4. The molecule has 2 aliphatic rings. The number of nitrogens with zero attached hydrogens (tertiary/aromatic N) is 2. The van der Waals surface area contributed by atoms with Crippen molar-refractivity contribution >= 4 is 48.4 Å². The Labute approximate surface area is 288 Å². The zero-order valence-electron chi connectivity index (χ0n) is 26.7. The lowest BCUT2D eigenvalue weighted by atomic mass is 9.95. The molecule has 0 saturated heterocycles. The summed E-state index contributed by atoms with van der Waals surface area (Å²) >= 11 is 0. The first kappa shape index (κ1) is 37.5. The third-order valence-electron chi connectivity index (χ3n) is 8.39. The molecule has 2 aromatic carbocycles. The minimum absolute atomic E-state index is 0. The molecule has 1 aromatic heterocycles. The maximum absolute atomic E-state index is 14.1. The number of carbonyl (C=O) groups is 4. The van der Waals surface area contributed by atoms with E-state index in [0.29, 0.717) is 44.3 Å². The minimum Gasteiger partial charge on any atom is -0.355 e. The third-order valence-corrected chi connectivity index (χ3v) is 8.39. The van der Waals surface area contributed by atoms with Gasteiger partial charge in [-0.15, -0.1) is 24.8 Å². The average molecular weight is 684 g/mol. The van der Waals surface area contributed by atoms with E-state index in [-0.39, 0.29) is 67.5 Å². The molecule has 10 nitrogen and oxygen atoms in total. The number of fused-ring (bicyclic) bond motifs is 3. The molecule has 0 spiro atoms. The van der Waals surface area contributed by atoms with Crippen LogP contribution in [-0.4, -0.2) is 71.3 Å². The lowest BCUT2D eigenvalue weighted by molar-refractivity contribution is -0.138. The van der Waals surface area contributed by atoms with Gasteiger partial charge in [0.05, 0.1) is 24.2 Å². The van der Waals surface area contributed by atoms with Crippen molar-refractivity contribution in [2.75, 3.05) is 19.6 Å². The number of amides is 4. The molecule has 0 aliphatic carbocycles. The van der Waals surface area contributed by atoms with E-state index in [1.165, 1.54) is 6.20 Å². The summed E-state index contributed by atoms with van der Waals surface area (Å²) in [4.78, 5) is 60.2. The third kappa shape index (κ3) is 10.2. The minimum atomic E-state index is -0.820. The molecule has 4 amide bonds. The first-order valence-electron chi connectivity index (χ1n) is 15.7. The number of carbonyl (C=O) groups excluding carboxylic acids is 4. The maximum atomic E-state index is 14.1. The molecule has 4 N–H and O–H groups in total. The van der Waals surface area contributed by atoms with E-state index in [2.05, 4.69) is 26.3 Å². The standard InChI is InChI=1S/C35H42N6O4.2ClH/c1-23(2)32-34(44)39-29(16-24-9-4-3-5-10-24)21-41(35(45)30-17-26-12-6-7-13-27(26)20-38-30)22-31(42)37-14-8-11-25-15-28(19-36-18-25)33(43)40-32;;/h3-7,9-10,12-13,15,18-19,23,29-30,32,38H,8,11,14,16-17,20-22H2,1-2H3,(H,37,42)(H,39,44)(H,40,43);2*1H/t29-,30-,32-;;/m1../s1. The zero-order chi connectivity index (χ0) is 31.8. The van der Waals surface area contributed by atoms with Gasteiger partial charge < -0.3 is 26.2 Å². The van der Waals surface area contributed by atoms with Gasteiger partial charge in [0, 0.05) is 32.0 Å². The molecule has 2 bridgehead atoms. The van der Waals surface area contributed by atoms with Crippen LogP contribution in [-0.2, 0) is 40.2 Å². The fraction of sp³-hybridized carbons (Fsp3) is 0.400. The van der Waals surface area contributed by atoms with Crippen LogP contribution in [0, 0.1) is 5.92 Å². The number of halogens is 2. The van der Waals surface area contributed by atoms with Crippen molar-refractivity contribution in [2.45, 2.75) is 64.2 Å². The summed E-state index contributed by atoms with van der Waals surface area (Å²) in [6, 6.07) is 17.7. The monoisotopic (exact) mass is 682 g/mol. The Kier molecular flexibility index (Phi) is 14.2. The maximum Gasteiger partial charge on any atom is 0.253 e. The summed E-state index contributed by atoms with van der Waals surface area (Å²) in [6.45, 7) is 4.70. The average Bonchev–Trinajstić information content (AvgIpc) is 3.04. The number of aromatic nitrogens is 1. The highest BCUT2D eigenvalue weighted by atomic mass is 35.5.